The van der Waals surface area contributed by atoms with Crippen LogP contribution < -0.4 is 4.74 Å². The van der Waals surface area contributed by atoms with Crippen LogP contribution in [0.1, 0.15) is 5.56 Å². The number of rotatable bonds is 4. The molecule has 0 unspecified atom stereocenters. The maximum atomic E-state index is 13.4. The summed E-state index contributed by atoms with van der Waals surface area (Å²) in [5.41, 5.74) is 0.821. The molecule has 1 heterocycles. The molecule has 1 aromatic carbocycles. The van der Waals surface area contributed by atoms with Crippen molar-refractivity contribution in [1.29, 1.82) is 0 Å². The lowest BCUT2D eigenvalue weighted by atomic mass is 9.78. The maximum absolute atomic E-state index is 13.4. The lowest BCUT2D eigenvalue weighted by Gasteiger charge is -2.25. The van der Waals surface area contributed by atoms with Gasteiger partial charge in [0.15, 0.2) is 0 Å². The molecule has 1 aromatic rings. The number of benzene rings is 1. The normalized spacial score (nSPS) is 14.8. The van der Waals surface area contributed by atoms with E-state index in [0.717, 1.165) is 12.1 Å². The number of allylic oxidation sites excluding steroid dienone is 3. The van der Waals surface area contributed by atoms with Gasteiger partial charge in [-0.3, -0.25) is 0 Å². The number of hydrogen-bond donors (Lipinski definition) is 2. The molecule has 9 heteroatoms. The Balaban J connectivity index is 2.15. The van der Waals surface area contributed by atoms with E-state index in [0.29, 0.717) is 11.8 Å². The average Bonchev–Trinajstić information content (AvgIpc) is 2.38. The summed E-state index contributed by atoms with van der Waals surface area (Å²) in [7, 11) is -1.66. The molecule has 0 aromatic heterocycles. The van der Waals surface area contributed by atoms with Crippen LogP contribution in [0.3, 0.4) is 0 Å². The highest BCUT2D eigenvalue weighted by Gasteiger charge is 2.31. The largest absolute Gasteiger partial charge is 0.573 e. The van der Waals surface area contributed by atoms with Crippen molar-refractivity contribution >= 4 is 7.12 Å². The molecule has 0 bridgehead atoms. The molecule has 0 aliphatic carbocycles. The highest BCUT2D eigenvalue weighted by Crippen LogP contribution is 2.26. The Morgan fingerprint density at radius 1 is 1.22 bits per heavy atom. The van der Waals surface area contributed by atoms with Crippen molar-refractivity contribution in [2.45, 2.75) is 12.9 Å². The summed E-state index contributed by atoms with van der Waals surface area (Å²) >= 11 is 0. The lowest BCUT2D eigenvalue weighted by Crippen LogP contribution is -2.22. The number of hydrogen-bond acceptors (Lipinski definition) is 4. The molecule has 0 fully saturated rings. The summed E-state index contributed by atoms with van der Waals surface area (Å²) in [6, 6.07) is 2.78. The van der Waals surface area contributed by atoms with E-state index in [-0.39, 0.29) is 17.6 Å². The van der Waals surface area contributed by atoms with Gasteiger partial charge in [-0.05, 0) is 35.3 Å². The second-order valence-corrected chi connectivity index (χ2v) is 4.80. The summed E-state index contributed by atoms with van der Waals surface area (Å²) in [4.78, 5) is 1.51. The topological polar surface area (TPSA) is 52.9 Å². The average molecular weight is 329 g/mol. The zero-order valence-corrected chi connectivity index (χ0v) is 11.7. The van der Waals surface area contributed by atoms with Crippen molar-refractivity contribution in [3.63, 3.8) is 0 Å². The molecule has 1 aliphatic rings. The summed E-state index contributed by atoms with van der Waals surface area (Å²) < 4.78 is 53.8. The first-order valence-corrected chi connectivity index (χ1v) is 6.41. The van der Waals surface area contributed by atoms with Crippen molar-refractivity contribution in [3.05, 3.63) is 65.7 Å². The minimum absolute atomic E-state index is 0.0343. The van der Waals surface area contributed by atoms with Crippen molar-refractivity contribution in [3.8, 4) is 5.75 Å². The second-order valence-electron chi connectivity index (χ2n) is 4.80. The zero-order chi connectivity index (χ0) is 17.2. The standard InChI is InChI=1S/C14H12BF4NO3/c1-9-4-11(15(21)22)2-3-20(9)8-10-5-12(16)7-13(6-10)23-14(17,18)19/h2-7,21-22H,1,8H2. The van der Waals surface area contributed by atoms with E-state index < -0.39 is 25.0 Å². The SMILES string of the molecule is C=C1C=C(B(O)O)C=CN1Cc1cc(F)cc(OC(F)(F)F)c1. The van der Waals surface area contributed by atoms with Crippen LogP contribution in [0.5, 0.6) is 5.75 Å². The van der Waals surface area contributed by atoms with Crippen LogP contribution in [0.15, 0.2) is 54.3 Å². The Morgan fingerprint density at radius 2 is 1.91 bits per heavy atom. The molecule has 2 N–H and O–H groups in total. The zero-order valence-electron chi connectivity index (χ0n) is 11.7. The molecule has 0 amide bonds. The third-order valence-corrected chi connectivity index (χ3v) is 2.96. The van der Waals surface area contributed by atoms with Gasteiger partial charge in [-0.1, -0.05) is 6.58 Å². The highest BCUT2D eigenvalue weighted by molar-refractivity contribution is 6.51. The molecule has 0 spiro atoms. The quantitative estimate of drug-likeness (QED) is 0.658. The first kappa shape index (κ1) is 17.1. The third kappa shape index (κ3) is 4.87. The predicted octanol–water partition coefficient (Wildman–Crippen LogP) is 2.51. The molecule has 2 rings (SSSR count). The summed E-state index contributed by atoms with van der Waals surface area (Å²) in [5, 5.41) is 18.1. The fourth-order valence-electron chi connectivity index (χ4n) is 2.01. The Bertz CT molecular complexity index is 670. The summed E-state index contributed by atoms with van der Waals surface area (Å²) in [6.07, 6.45) is -0.635. The molecule has 0 radical (unpaired) electrons. The minimum Gasteiger partial charge on any atom is -0.423 e. The Hall–Kier alpha value is -2.26. The second kappa shape index (κ2) is 6.47. The van der Waals surface area contributed by atoms with Crippen LogP contribution >= 0.6 is 0 Å². The van der Waals surface area contributed by atoms with Gasteiger partial charge < -0.3 is 19.7 Å². The molecular formula is C14H12BF4NO3. The maximum Gasteiger partial charge on any atom is 0.573 e. The van der Waals surface area contributed by atoms with Gasteiger partial charge in [0.25, 0.3) is 0 Å². The van der Waals surface area contributed by atoms with Gasteiger partial charge in [0.1, 0.15) is 11.6 Å². The Kier molecular flexibility index (Phi) is 4.81. The van der Waals surface area contributed by atoms with Gasteiger partial charge in [-0.15, -0.1) is 13.2 Å². The Labute approximate surface area is 129 Å². The molecule has 1 aliphatic heterocycles. The van der Waals surface area contributed by atoms with Crippen LogP contribution in [0.25, 0.3) is 0 Å². The van der Waals surface area contributed by atoms with Crippen molar-refractivity contribution in [1.82, 2.24) is 4.90 Å². The first-order valence-electron chi connectivity index (χ1n) is 6.41. The van der Waals surface area contributed by atoms with Crippen LogP contribution in [-0.4, -0.2) is 28.4 Å². The van der Waals surface area contributed by atoms with Crippen LogP contribution in [0.2, 0.25) is 0 Å². The smallest absolute Gasteiger partial charge is 0.423 e. The monoisotopic (exact) mass is 329 g/mol. The van der Waals surface area contributed by atoms with E-state index in [1.165, 1.54) is 23.3 Å². The van der Waals surface area contributed by atoms with Gasteiger partial charge in [-0.2, -0.15) is 0 Å². The van der Waals surface area contributed by atoms with E-state index in [1.807, 2.05) is 0 Å². The molecule has 122 valence electrons. The first-order chi connectivity index (χ1) is 10.6. The van der Waals surface area contributed by atoms with Crippen LogP contribution in [0.4, 0.5) is 17.6 Å². The molecule has 0 atom stereocenters. The van der Waals surface area contributed by atoms with E-state index in [1.54, 1.807) is 0 Å². The number of alkyl halides is 3. The third-order valence-electron chi connectivity index (χ3n) is 2.96. The molecule has 4 nitrogen and oxygen atoms in total. The van der Waals surface area contributed by atoms with E-state index >= 15 is 0 Å². The van der Waals surface area contributed by atoms with Crippen molar-refractivity contribution < 1.29 is 32.3 Å². The molecular weight excluding hydrogens is 317 g/mol. The minimum atomic E-state index is -4.91. The summed E-state index contributed by atoms with van der Waals surface area (Å²) in [6.45, 7) is 3.73. The molecule has 0 saturated carbocycles. The Morgan fingerprint density at radius 3 is 2.48 bits per heavy atom. The number of ether oxygens (including phenoxy) is 1. The van der Waals surface area contributed by atoms with E-state index in [4.69, 9.17) is 10.0 Å². The van der Waals surface area contributed by atoms with Gasteiger partial charge in [0.05, 0.1) is 0 Å². The predicted molar refractivity (Wildman–Crippen MR) is 75.2 cm³/mol. The molecule has 23 heavy (non-hydrogen) atoms. The van der Waals surface area contributed by atoms with Gasteiger partial charge in [0.2, 0.25) is 0 Å². The van der Waals surface area contributed by atoms with Gasteiger partial charge in [0, 0.05) is 24.5 Å². The van der Waals surface area contributed by atoms with E-state index in [2.05, 4.69) is 11.3 Å². The van der Waals surface area contributed by atoms with E-state index in [9.17, 15) is 17.6 Å². The summed E-state index contributed by atoms with van der Waals surface area (Å²) in [5.74, 6) is -1.52. The van der Waals surface area contributed by atoms with Crippen LogP contribution in [0, 0.1) is 5.82 Å². The van der Waals surface area contributed by atoms with Gasteiger partial charge in [-0.25, -0.2) is 4.39 Å². The van der Waals surface area contributed by atoms with Gasteiger partial charge >= 0.3 is 13.5 Å². The highest BCUT2D eigenvalue weighted by atomic mass is 19.4. The fourth-order valence-corrected chi connectivity index (χ4v) is 2.01. The number of nitrogens with zero attached hydrogens (tertiary/aromatic N) is 1. The molecule has 0 saturated heterocycles. The van der Waals surface area contributed by atoms with Crippen LogP contribution in [-0.2, 0) is 6.54 Å². The van der Waals surface area contributed by atoms with Crippen molar-refractivity contribution in [2.24, 2.45) is 0 Å². The fraction of sp³-hybridized carbons (Fsp3) is 0.143. The van der Waals surface area contributed by atoms with Crippen molar-refractivity contribution in [2.75, 3.05) is 0 Å². The number of halogens is 4. The lowest BCUT2D eigenvalue weighted by molar-refractivity contribution is -0.274.